The van der Waals surface area contributed by atoms with Gasteiger partial charge < -0.3 is 19.7 Å². The Morgan fingerprint density at radius 1 is 1.19 bits per heavy atom. The smallest absolute Gasteiger partial charge is 0.244 e. The van der Waals surface area contributed by atoms with Crippen LogP contribution in [0.2, 0.25) is 0 Å². The molecule has 0 aliphatic carbocycles. The van der Waals surface area contributed by atoms with E-state index in [1.165, 1.54) is 11.8 Å². The molecule has 6 nitrogen and oxygen atoms in total. The van der Waals surface area contributed by atoms with Crippen LogP contribution in [0.3, 0.4) is 0 Å². The summed E-state index contributed by atoms with van der Waals surface area (Å²) in [5, 5.41) is 2.54. The number of methoxy groups -OCH3 is 2. The highest BCUT2D eigenvalue weighted by Crippen LogP contribution is 2.43. The van der Waals surface area contributed by atoms with E-state index in [4.69, 9.17) is 9.47 Å². The number of ether oxygens (including phenoxy) is 2. The minimum atomic E-state index is -0.300. The number of thioether (sulfide) groups is 1. The van der Waals surface area contributed by atoms with Gasteiger partial charge in [0.05, 0.1) is 20.0 Å². The van der Waals surface area contributed by atoms with Gasteiger partial charge in [0, 0.05) is 11.3 Å². The van der Waals surface area contributed by atoms with Gasteiger partial charge in [0.15, 0.2) is 0 Å². The van der Waals surface area contributed by atoms with E-state index in [2.05, 4.69) is 5.32 Å². The number of benzene rings is 2. The number of anilines is 1. The Morgan fingerprint density at radius 3 is 2.59 bits per heavy atom. The number of hydrogen-bond acceptors (Lipinski definition) is 5. The van der Waals surface area contributed by atoms with Crippen molar-refractivity contribution >= 4 is 29.3 Å². The third-order valence-electron chi connectivity index (χ3n) is 4.32. The van der Waals surface area contributed by atoms with Crippen molar-refractivity contribution in [2.24, 2.45) is 0 Å². The van der Waals surface area contributed by atoms with E-state index in [0.29, 0.717) is 22.9 Å². The average Bonchev–Trinajstić information content (AvgIpc) is 3.03. The summed E-state index contributed by atoms with van der Waals surface area (Å²) in [6, 6.07) is 13.0. The monoisotopic (exact) mass is 386 g/mol. The Labute approximate surface area is 162 Å². The first kappa shape index (κ1) is 19.1. The number of nitrogens with one attached hydrogen (secondary N) is 1. The predicted octanol–water partition coefficient (Wildman–Crippen LogP) is 3.22. The SMILES string of the molecule is COc1ccc(OC)c(C2SCC(=O)N2CC(=O)Nc2ccc(C)cc2)c1. The van der Waals surface area contributed by atoms with Gasteiger partial charge in [0.2, 0.25) is 11.8 Å². The lowest BCUT2D eigenvalue weighted by Gasteiger charge is -2.25. The second-order valence-corrected chi connectivity index (χ2v) is 7.28. The molecule has 0 aromatic heterocycles. The van der Waals surface area contributed by atoms with Crippen LogP contribution in [0.5, 0.6) is 11.5 Å². The van der Waals surface area contributed by atoms with Gasteiger partial charge >= 0.3 is 0 Å². The largest absolute Gasteiger partial charge is 0.497 e. The first-order valence-electron chi connectivity index (χ1n) is 8.51. The van der Waals surface area contributed by atoms with E-state index >= 15 is 0 Å². The van der Waals surface area contributed by atoms with Crippen LogP contribution in [0.15, 0.2) is 42.5 Å². The lowest BCUT2D eigenvalue weighted by Crippen LogP contribution is -2.36. The second kappa shape index (κ2) is 8.35. The summed E-state index contributed by atoms with van der Waals surface area (Å²) in [7, 11) is 3.17. The molecule has 0 bridgehead atoms. The number of aryl methyl sites for hydroxylation is 1. The molecule has 2 aromatic carbocycles. The van der Waals surface area contributed by atoms with Gasteiger partial charge in [-0.2, -0.15) is 0 Å². The molecule has 1 aliphatic heterocycles. The van der Waals surface area contributed by atoms with Crippen LogP contribution in [0.1, 0.15) is 16.5 Å². The molecule has 0 saturated carbocycles. The predicted molar refractivity (Wildman–Crippen MR) is 106 cm³/mol. The number of amides is 2. The lowest BCUT2D eigenvalue weighted by atomic mass is 10.1. The topological polar surface area (TPSA) is 67.9 Å². The molecule has 1 heterocycles. The van der Waals surface area contributed by atoms with Crippen molar-refractivity contribution in [2.45, 2.75) is 12.3 Å². The van der Waals surface area contributed by atoms with Gasteiger partial charge in [-0.25, -0.2) is 0 Å². The van der Waals surface area contributed by atoms with E-state index in [1.54, 1.807) is 25.2 Å². The van der Waals surface area contributed by atoms with Crippen molar-refractivity contribution in [3.63, 3.8) is 0 Å². The molecule has 0 radical (unpaired) electrons. The van der Waals surface area contributed by atoms with Crippen molar-refractivity contribution < 1.29 is 19.1 Å². The van der Waals surface area contributed by atoms with Crippen LogP contribution >= 0.6 is 11.8 Å². The molecule has 7 heteroatoms. The molecule has 2 amide bonds. The van der Waals surface area contributed by atoms with Crippen LogP contribution in [0.4, 0.5) is 5.69 Å². The van der Waals surface area contributed by atoms with E-state index in [-0.39, 0.29) is 23.7 Å². The van der Waals surface area contributed by atoms with Crippen LogP contribution in [0, 0.1) is 6.92 Å². The van der Waals surface area contributed by atoms with Gasteiger partial charge in [-0.05, 0) is 37.3 Å². The van der Waals surface area contributed by atoms with Crippen molar-refractivity contribution in [3.8, 4) is 11.5 Å². The summed E-state index contributed by atoms with van der Waals surface area (Å²) in [6.45, 7) is 1.96. The molecule has 1 aliphatic rings. The molecular weight excluding hydrogens is 364 g/mol. The fourth-order valence-corrected chi connectivity index (χ4v) is 4.11. The molecular formula is C20H22N2O4S. The van der Waals surface area contributed by atoms with Gasteiger partial charge in [-0.1, -0.05) is 17.7 Å². The quantitative estimate of drug-likeness (QED) is 0.826. The van der Waals surface area contributed by atoms with Gasteiger partial charge in [0.1, 0.15) is 23.4 Å². The van der Waals surface area contributed by atoms with Crippen molar-refractivity contribution in [3.05, 3.63) is 53.6 Å². The zero-order chi connectivity index (χ0) is 19.4. The molecule has 1 saturated heterocycles. The highest BCUT2D eigenvalue weighted by molar-refractivity contribution is 8.00. The first-order valence-corrected chi connectivity index (χ1v) is 9.56. The number of hydrogen-bond donors (Lipinski definition) is 1. The van der Waals surface area contributed by atoms with E-state index < -0.39 is 0 Å². The summed E-state index contributed by atoms with van der Waals surface area (Å²) in [4.78, 5) is 26.5. The lowest BCUT2D eigenvalue weighted by molar-refractivity contribution is -0.132. The highest BCUT2D eigenvalue weighted by atomic mass is 32.2. The van der Waals surface area contributed by atoms with E-state index in [9.17, 15) is 9.59 Å². The summed E-state index contributed by atoms with van der Waals surface area (Å²) >= 11 is 1.47. The Balaban J connectivity index is 1.78. The summed E-state index contributed by atoms with van der Waals surface area (Å²) < 4.78 is 10.7. The molecule has 3 rings (SSSR count). The summed E-state index contributed by atoms with van der Waals surface area (Å²) in [5.41, 5.74) is 2.64. The van der Waals surface area contributed by atoms with Crippen molar-refractivity contribution in [2.75, 3.05) is 31.8 Å². The number of rotatable bonds is 6. The van der Waals surface area contributed by atoms with Gasteiger partial charge in [-0.3, -0.25) is 9.59 Å². The Kier molecular flexibility index (Phi) is 5.91. The van der Waals surface area contributed by atoms with Crippen LogP contribution in [0.25, 0.3) is 0 Å². The maximum absolute atomic E-state index is 12.5. The Hall–Kier alpha value is -2.67. The maximum Gasteiger partial charge on any atom is 0.244 e. The fourth-order valence-electron chi connectivity index (χ4n) is 2.91. The molecule has 1 fully saturated rings. The minimum Gasteiger partial charge on any atom is -0.497 e. The third kappa shape index (κ3) is 4.36. The first-order chi connectivity index (χ1) is 13.0. The standard InChI is InChI=1S/C20H22N2O4S/c1-13-4-6-14(7-5-13)21-18(23)11-22-19(24)12-27-20(22)16-10-15(25-2)8-9-17(16)26-3/h4-10,20H,11-12H2,1-3H3,(H,21,23). The normalized spacial score (nSPS) is 16.3. The minimum absolute atomic E-state index is 0.0231. The van der Waals surface area contributed by atoms with E-state index in [1.807, 2.05) is 43.3 Å². The molecule has 142 valence electrons. The zero-order valence-electron chi connectivity index (χ0n) is 15.5. The second-order valence-electron chi connectivity index (χ2n) is 6.21. The van der Waals surface area contributed by atoms with E-state index in [0.717, 1.165) is 11.1 Å². The molecule has 27 heavy (non-hydrogen) atoms. The average molecular weight is 386 g/mol. The third-order valence-corrected chi connectivity index (χ3v) is 5.56. The highest BCUT2D eigenvalue weighted by Gasteiger charge is 2.36. The molecule has 2 aromatic rings. The van der Waals surface area contributed by atoms with Crippen molar-refractivity contribution in [1.82, 2.24) is 4.90 Å². The van der Waals surface area contributed by atoms with Crippen molar-refractivity contribution in [1.29, 1.82) is 0 Å². The zero-order valence-corrected chi connectivity index (χ0v) is 16.3. The van der Waals surface area contributed by atoms with Crippen LogP contribution in [-0.2, 0) is 9.59 Å². The van der Waals surface area contributed by atoms with Crippen LogP contribution < -0.4 is 14.8 Å². The Morgan fingerprint density at radius 2 is 1.93 bits per heavy atom. The van der Waals surface area contributed by atoms with Gasteiger partial charge in [-0.15, -0.1) is 11.8 Å². The van der Waals surface area contributed by atoms with Crippen LogP contribution in [-0.4, -0.2) is 43.2 Å². The number of carbonyl (C=O) groups is 2. The molecule has 0 spiro atoms. The molecule has 1 unspecified atom stereocenters. The number of nitrogens with zero attached hydrogens (tertiary/aromatic N) is 1. The number of carbonyl (C=O) groups excluding carboxylic acids is 2. The maximum atomic E-state index is 12.5. The summed E-state index contributed by atoms with van der Waals surface area (Å²) in [5.74, 6) is 1.35. The molecule has 1 atom stereocenters. The fraction of sp³-hybridized carbons (Fsp3) is 0.300. The summed E-state index contributed by atoms with van der Waals surface area (Å²) in [6.07, 6.45) is 0. The Bertz CT molecular complexity index is 838. The molecule has 1 N–H and O–H groups in total. The van der Waals surface area contributed by atoms with Gasteiger partial charge in [0.25, 0.3) is 0 Å².